The average molecular weight is 285 g/mol. The van der Waals surface area contributed by atoms with Crippen LogP contribution < -0.4 is 5.73 Å². The molecule has 1 aliphatic rings. The summed E-state index contributed by atoms with van der Waals surface area (Å²) in [6.07, 6.45) is 0. The van der Waals surface area contributed by atoms with Crippen molar-refractivity contribution >= 4 is 11.8 Å². The van der Waals surface area contributed by atoms with Gasteiger partial charge in [0, 0.05) is 31.3 Å². The van der Waals surface area contributed by atoms with E-state index < -0.39 is 0 Å². The Kier molecular flexibility index (Phi) is 4.61. The second-order valence-corrected chi connectivity index (χ2v) is 5.08. The summed E-state index contributed by atoms with van der Waals surface area (Å²) in [5.41, 5.74) is 7.59. The third-order valence-electron chi connectivity index (χ3n) is 3.55. The van der Waals surface area contributed by atoms with E-state index in [4.69, 9.17) is 5.73 Å². The van der Waals surface area contributed by atoms with Crippen LogP contribution in [0.4, 0.5) is 0 Å². The summed E-state index contributed by atoms with van der Waals surface area (Å²) in [7, 11) is 1.75. The number of hydrogen-bond acceptors (Lipinski definition) is 3. The Morgan fingerprint density at radius 2 is 2.14 bits per heavy atom. The van der Waals surface area contributed by atoms with Crippen molar-refractivity contribution in [3.8, 4) is 11.8 Å². The van der Waals surface area contributed by atoms with Gasteiger partial charge in [-0.2, -0.15) is 0 Å². The zero-order valence-electron chi connectivity index (χ0n) is 12.3. The van der Waals surface area contributed by atoms with E-state index in [1.165, 1.54) is 0 Å². The van der Waals surface area contributed by atoms with Gasteiger partial charge in [-0.1, -0.05) is 17.9 Å². The number of benzene rings is 1. The molecule has 5 nitrogen and oxygen atoms in total. The van der Waals surface area contributed by atoms with Gasteiger partial charge in [-0.3, -0.25) is 9.59 Å². The van der Waals surface area contributed by atoms with Crippen LogP contribution in [0, 0.1) is 18.8 Å². The summed E-state index contributed by atoms with van der Waals surface area (Å²) in [5.74, 6) is 5.54. The van der Waals surface area contributed by atoms with E-state index in [9.17, 15) is 9.59 Å². The maximum atomic E-state index is 12.6. The predicted molar refractivity (Wildman–Crippen MR) is 80.7 cm³/mol. The molecule has 1 aliphatic heterocycles. The van der Waals surface area contributed by atoms with Crippen LogP contribution in [0.25, 0.3) is 0 Å². The SMILES string of the molecule is Cc1ccc(C#CCN)cc1C(=O)N1CCN(C)C(=O)C1. The number of rotatable bonds is 1. The Labute approximate surface area is 124 Å². The number of carbonyl (C=O) groups excluding carboxylic acids is 2. The predicted octanol–water partition coefficient (Wildman–Crippen LogP) is 0.219. The van der Waals surface area contributed by atoms with Crippen molar-refractivity contribution in [3.05, 3.63) is 34.9 Å². The molecule has 2 N–H and O–H groups in total. The first kappa shape index (κ1) is 15.1. The second-order valence-electron chi connectivity index (χ2n) is 5.08. The largest absolute Gasteiger partial charge is 0.342 e. The zero-order valence-corrected chi connectivity index (χ0v) is 12.3. The molecule has 110 valence electrons. The monoisotopic (exact) mass is 285 g/mol. The maximum Gasteiger partial charge on any atom is 0.254 e. The molecule has 0 atom stereocenters. The van der Waals surface area contributed by atoms with E-state index in [1.54, 1.807) is 22.9 Å². The van der Waals surface area contributed by atoms with Crippen LogP contribution in [-0.2, 0) is 4.79 Å². The summed E-state index contributed by atoms with van der Waals surface area (Å²) in [4.78, 5) is 27.5. The summed E-state index contributed by atoms with van der Waals surface area (Å²) < 4.78 is 0. The Morgan fingerprint density at radius 3 is 2.81 bits per heavy atom. The fourth-order valence-corrected chi connectivity index (χ4v) is 2.19. The highest BCUT2D eigenvalue weighted by molar-refractivity contribution is 5.98. The molecule has 0 saturated carbocycles. The van der Waals surface area contributed by atoms with Crippen LogP contribution in [0.15, 0.2) is 18.2 Å². The molecule has 0 aromatic heterocycles. The molecule has 0 bridgehead atoms. The first-order valence-electron chi connectivity index (χ1n) is 6.85. The molecule has 2 amide bonds. The minimum atomic E-state index is -0.120. The number of likely N-dealkylation sites (N-methyl/N-ethyl adjacent to an activating group) is 1. The van der Waals surface area contributed by atoms with Crippen LogP contribution in [0.1, 0.15) is 21.5 Å². The normalized spacial score (nSPS) is 14.7. The quantitative estimate of drug-likeness (QED) is 0.751. The number of piperazine rings is 1. The topological polar surface area (TPSA) is 66.6 Å². The van der Waals surface area contributed by atoms with Gasteiger partial charge in [-0.25, -0.2) is 0 Å². The fourth-order valence-electron chi connectivity index (χ4n) is 2.19. The fraction of sp³-hybridized carbons (Fsp3) is 0.375. The highest BCUT2D eigenvalue weighted by Crippen LogP contribution is 2.15. The molecule has 5 heteroatoms. The Balaban J connectivity index is 2.24. The average Bonchev–Trinajstić information content (AvgIpc) is 2.48. The van der Waals surface area contributed by atoms with Crippen molar-refractivity contribution in [2.75, 3.05) is 33.2 Å². The van der Waals surface area contributed by atoms with Crippen molar-refractivity contribution in [2.45, 2.75) is 6.92 Å². The smallest absolute Gasteiger partial charge is 0.254 e. The van der Waals surface area contributed by atoms with Crippen LogP contribution in [-0.4, -0.2) is 54.8 Å². The van der Waals surface area contributed by atoms with Crippen LogP contribution >= 0.6 is 0 Å². The highest BCUT2D eigenvalue weighted by atomic mass is 16.2. The number of amides is 2. The molecule has 1 saturated heterocycles. The Morgan fingerprint density at radius 1 is 1.38 bits per heavy atom. The number of nitrogens with zero attached hydrogens (tertiary/aromatic N) is 2. The number of nitrogens with two attached hydrogens (primary N) is 1. The van der Waals surface area contributed by atoms with Gasteiger partial charge in [0.2, 0.25) is 5.91 Å². The number of hydrogen-bond donors (Lipinski definition) is 1. The lowest BCUT2D eigenvalue weighted by atomic mass is 10.0. The summed E-state index contributed by atoms with van der Waals surface area (Å²) >= 11 is 0. The van der Waals surface area contributed by atoms with Gasteiger partial charge in [0.05, 0.1) is 6.54 Å². The van der Waals surface area contributed by atoms with Crippen LogP contribution in [0.3, 0.4) is 0 Å². The lowest BCUT2D eigenvalue weighted by molar-refractivity contribution is -0.133. The highest BCUT2D eigenvalue weighted by Gasteiger charge is 2.26. The minimum Gasteiger partial charge on any atom is -0.342 e. The lowest BCUT2D eigenvalue weighted by Crippen LogP contribution is -2.50. The molecule has 0 radical (unpaired) electrons. The molecule has 0 spiro atoms. The summed E-state index contributed by atoms with van der Waals surface area (Å²) in [6, 6.07) is 5.50. The molecule has 1 aromatic carbocycles. The third-order valence-corrected chi connectivity index (χ3v) is 3.55. The maximum absolute atomic E-state index is 12.6. The van der Waals surface area contributed by atoms with Crippen molar-refractivity contribution in [1.82, 2.24) is 9.80 Å². The zero-order chi connectivity index (χ0) is 15.4. The molecule has 0 unspecified atom stereocenters. The number of carbonyl (C=O) groups is 2. The summed E-state index contributed by atoms with van der Waals surface area (Å²) in [5, 5.41) is 0. The summed E-state index contributed by atoms with van der Waals surface area (Å²) in [6.45, 7) is 3.42. The van der Waals surface area contributed by atoms with Gasteiger partial charge in [0.1, 0.15) is 6.54 Å². The van der Waals surface area contributed by atoms with Gasteiger partial charge in [0.15, 0.2) is 0 Å². The third kappa shape index (κ3) is 3.41. The molecule has 1 fully saturated rings. The van der Waals surface area contributed by atoms with Crippen molar-refractivity contribution < 1.29 is 9.59 Å². The Hall–Kier alpha value is -2.32. The van der Waals surface area contributed by atoms with E-state index in [0.717, 1.165) is 11.1 Å². The molecule has 21 heavy (non-hydrogen) atoms. The van der Waals surface area contributed by atoms with Gasteiger partial charge in [-0.15, -0.1) is 0 Å². The second kappa shape index (κ2) is 6.42. The Bertz CT molecular complexity index is 628. The van der Waals surface area contributed by atoms with E-state index >= 15 is 0 Å². The van der Waals surface area contributed by atoms with E-state index in [1.807, 2.05) is 19.1 Å². The first-order chi connectivity index (χ1) is 10.0. The first-order valence-corrected chi connectivity index (χ1v) is 6.85. The van der Waals surface area contributed by atoms with Crippen molar-refractivity contribution in [2.24, 2.45) is 5.73 Å². The molecule has 1 heterocycles. The molecular weight excluding hydrogens is 266 g/mol. The van der Waals surface area contributed by atoms with Gasteiger partial charge in [0.25, 0.3) is 5.91 Å². The molecular formula is C16H19N3O2. The van der Waals surface area contributed by atoms with Crippen LogP contribution in [0.5, 0.6) is 0 Å². The standard InChI is InChI=1S/C16H19N3O2/c1-12-5-6-13(4-3-7-17)10-14(12)16(21)19-9-8-18(2)15(20)11-19/h5-6,10H,7-9,11,17H2,1-2H3. The van der Waals surface area contributed by atoms with Gasteiger partial charge < -0.3 is 15.5 Å². The molecule has 1 aromatic rings. The van der Waals surface area contributed by atoms with Gasteiger partial charge >= 0.3 is 0 Å². The minimum absolute atomic E-state index is 0.0358. The van der Waals surface area contributed by atoms with Crippen molar-refractivity contribution in [3.63, 3.8) is 0 Å². The lowest BCUT2D eigenvalue weighted by Gasteiger charge is -2.32. The van der Waals surface area contributed by atoms with E-state index in [0.29, 0.717) is 18.7 Å². The van der Waals surface area contributed by atoms with Gasteiger partial charge in [-0.05, 0) is 24.6 Å². The molecule has 2 rings (SSSR count). The van der Waals surface area contributed by atoms with E-state index in [-0.39, 0.29) is 24.9 Å². The van der Waals surface area contributed by atoms with Crippen LogP contribution in [0.2, 0.25) is 0 Å². The van der Waals surface area contributed by atoms with E-state index in [2.05, 4.69) is 11.8 Å². The number of aryl methyl sites for hydroxylation is 1. The van der Waals surface area contributed by atoms with Crippen molar-refractivity contribution in [1.29, 1.82) is 0 Å². The molecule has 0 aliphatic carbocycles.